The second-order valence-corrected chi connectivity index (χ2v) is 4.16. The molecule has 2 unspecified atom stereocenters. The van der Waals surface area contributed by atoms with Crippen molar-refractivity contribution in [1.29, 1.82) is 0 Å². The molecule has 0 saturated heterocycles. The van der Waals surface area contributed by atoms with Crippen molar-refractivity contribution in [2.45, 2.75) is 56.4 Å². The molecule has 0 amide bonds. The fourth-order valence-electron chi connectivity index (χ4n) is 1.75. The predicted molar refractivity (Wildman–Crippen MR) is 54.8 cm³/mol. The van der Waals surface area contributed by atoms with Crippen LogP contribution < -0.4 is 0 Å². The molecule has 6 atom stereocenters. The van der Waals surface area contributed by atoms with Gasteiger partial charge in [0.25, 0.3) is 0 Å². The zero-order valence-corrected chi connectivity index (χ0v) is 9.43. The molecule has 0 aromatic carbocycles. The van der Waals surface area contributed by atoms with Gasteiger partial charge in [-0.05, 0) is 6.42 Å². The SMILES string of the molecule is CCCC(=O)OC1[C@@H](O)[C@H](O)C(O)[C@H](O)[C@H]1O. The molecule has 0 heterocycles. The van der Waals surface area contributed by atoms with Crippen molar-refractivity contribution >= 4 is 5.97 Å². The number of ether oxygens (including phenoxy) is 1. The van der Waals surface area contributed by atoms with E-state index in [0.29, 0.717) is 6.42 Å². The predicted octanol–water partition coefficient (Wildman–Crippen LogP) is -2.48. The molecule has 1 aliphatic carbocycles. The molecule has 1 rings (SSSR count). The van der Waals surface area contributed by atoms with E-state index in [4.69, 9.17) is 4.74 Å². The maximum Gasteiger partial charge on any atom is 0.306 e. The van der Waals surface area contributed by atoms with Crippen molar-refractivity contribution in [3.05, 3.63) is 0 Å². The van der Waals surface area contributed by atoms with E-state index in [9.17, 15) is 30.3 Å². The number of aliphatic hydroxyl groups is 5. The fraction of sp³-hybridized carbons (Fsp3) is 0.900. The van der Waals surface area contributed by atoms with E-state index in [1.54, 1.807) is 6.92 Å². The van der Waals surface area contributed by atoms with Gasteiger partial charge >= 0.3 is 5.97 Å². The molecule has 0 aromatic heterocycles. The monoisotopic (exact) mass is 250 g/mol. The molecular formula is C10H18O7. The van der Waals surface area contributed by atoms with Crippen LogP contribution in [-0.4, -0.2) is 68.1 Å². The van der Waals surface area contributed by atoms with Crippen LogP contribution in [-0.2, 0) is 9.53 Å². The van der Waals surface area contributed by atoms with Gasteiger partial charge in [-0.1, -0.05) is 6.92 Å². The van der Waals surface area contributed by atoms with Gasteiger partial charge in [0, 0.05) is 6.42 Å². The largest absolute Gasteiger partial charge is 0.457 e. The molecule has 0 spiro atoms. The Morgan fingerprint density at radius 1 is 0.941 bits per heavy atom. The van der Waals surface area contributed by atoms with Crippen molar-refractivity contribution in [2.75, 3.05) is 0 Å². The lowest BCUT2D eigenvalue weighted by molar-refractivity contribution is -0.233. The number of hydrogen-bond acceptors (Lipinski definition) is 7. The summed E-state index contributed by atoms with van der Waals surface area (Å²) in [4.78, 5) is 11.2. The summed E-state index contributed by atoms with van der Waals surface area (Å²) >= 11 is 0. The highest BCUT2D eigenvalue weighted by atomic mass is 16.6. The summed E-state index contributed by atoms with van der Waals surface area (Å²) in [6.45, 7) is 1.75. The molecule has 17 heavy (non-hydrogen) atoms. The van der Waals surface area contributed by atoms with Crippen LogP contribution in [0, 0.1) is 0 Å². The lowest BCUT2D eigenvalue weighted by Crippen LogP contribution is -2.64. The zero-order valence-electron chi connectivity index (χ0n) is 9.43. The third kappa shape index (κ3) is 2.93. The third-order valence-corrected chi connectivity index (χ3v) is 2.79. The Kier molecular flexibility index (Phi) is 4.84. The maximum absolute atomic E-state index is 11.2. The minimum absolute atomic E-state index is 0.102. The van der Waals surface area contributed by atoms with Crippen LogP contribution in [0.3, 0.4) is 0 Å². The Morgan fingerprint density at radius 3 is 1.76 bits per heavy atom. The Hall–Kier alpha value is -0.730. The van der Waals surface area contributed by atoms with E-state index in [0.717, 1.165) is 0 Å². The smallest absolute Gasteiger partial charge is 0.306 e. The Labute approximate surface area is 98.3 Å². The highest BCUT2D eigenvalue weighted by Crippen LogP contribution is 2.24. The molecule has 0 radical (unpaired) electrons. The van der Waals surface area contributed by atoms with Gasteiger partial charge in [0.05, 0.1) is 0 Å². The van der Waals surface area contributed by atoms with Crippen LogP contribution >= 0.6 is 0 Å². The minimum Gasteiger partial charge on any atom is -0.457 e. The highest BCUT2D eigenvalue weighted by Gasteiger charge is 2.50. The average Bonchev–Trinajstić information content (AvgIpc) is 2.30. The van der Waals surface area contributed by atoms with Crippen LogP contribution in [0.25, 0.3) is 0 Å². The fourth-order valence-corrected chi connectivity index (χ4v) is 1.75. The van der Waals surface area contributed by atoms with Gasteiger partial charge in [-0.2, -0.15) is 0 Å². The summed E-state index contributed by atoms with van der Waals surface area (Å²) < 4.78 is 4.78. The highest BCUT2D eigenvalue weighted by molar-refractivity contribution is 5.69. The van der Waals surface area contributed by atoms with Gasteiger partial charge in [-0.25, -0.2) is 0 Å². The summed E-state index contributed by atoms with van der Waals surface area (Å²) in [6, 6.07) is 0. The van der Waals surface area contributed by atoms with Crippen LogP contribution in [0.2, 0.25) is 0 Å². The lowest BCUT2D eigenvalue weighted by Gasteiger charge is -2.41. The van der Waals surface area contributed by atoms with E-state index < -0.39 is 42.6 Å². The van der Waals surface area contributed by atoms with Gasteiger partial charge in [0.1, 0.15) is 30.5 Å². The second-order valence-electron chi connectivity index (χ2n) is 4.16. The van der Waals surface area contributed by atoms with Crippen molar-refractivity contribution in [1.82, 2.24) is 0 Å². The molecule has 1 aliphatic rings. The second kappa shape index (κ2) is 5.74. The van der Waals surface area contributed by atoms with E-state index in [-0.39, 0.29) is 6.42 Å². The number of esters is 1. The van der Waals surface area contributed by atoms with Crippen molar-refractivity contribution in [3.63, 3.8) is 0 Å². The van der Waals surface area contributed by atoms with E-state index in [2.05, 4.69) is 0 Å². The maximum atomic E-state index is 11.2. The Balaban J connectivity index is 2.72. The third-order valence-electron chi connectivity index (χ3n) is 2.79. The topological polar surface area (TPSA) is 127 Å². The number of aliphatic hydroxyl groups excluding tert-OH is 5. The molecule has 7 nitrogen and oxygen atoms in total. The van der Waals surface area contributed by atoms with E-state index in [1.165, 1.54) is 0 Å². The standard InChI is InChI=1S/C10H18O7/c1-2-3-4(11)17-10-8(15)6(13)5(12)7(14)9(10)16/h5-10,12-16H,2-3H2,1H3/t5?,6-,7+,8+,9-,10?. The lowest BCUT2D eigenvalue weighted by atomic mass is 9.85. The van der Waals surface area contributed by atoms with Crippen molar-refractivity contribution in [3.8, 4) is 0 Å². The minimum atomic E-state index is -1.68. The molecule has 0 aliphatic heterocycles. The van der Waals surface area contributed by atoms with Crippen molar-refractivity contribution in [2.24, 2.45) is 0 Å². The van der Waals surface area contributed by atoms with Gasteiger partial charge < -0.3 is 30.3 Å². The molecule has 5 N–H and O–H groups in total. The normalized spacial score (nSPS) is 42.2. The Bertz CT molecular complexity index is 253. The van der Waals surface area contributed by atoms with Gasteiger partial charge in [0.2, 0.25) is 0 Å². The zero-order chi connectivity index (χ0) is 13.2. The van der Waals surface area contributed by atoms with Crippen LogP contribution in [0.4, 0.5) is 0 Å². The van der Waals surface area contributed by atoms with Crippen LogP contribution in [0.5, 0.6) is 0 Å². The summed E-state index contributed by atoms with van der Waals surface area (Å²) in [6.07, 6.45) is -9.10. The van der Waals surface area contributed by atoms with Crippen LogP contribution in [0.15, 0.2) is 0 Å². The molecule has 7 heteroatoms. The molecule has 100 valence electrons. The summed E-state index contributed by atoms with van der Waals surface area (Å²) in [5.41, 5.74) is 0. The average molecular weight is 250 g/mol. The van der Waals surface area contributed by atoms with Gasteiger partial charge in [-0.15, -0.1) is 0 Å². The molecule has 0 bridgehead atoms. The van der Waals surface area contributed by atoms with E-state index in [1.807, 2.05) is 0 Å². The molecule has 0 aromatic rings. The number of rotatable bonds is 3. The molecular weight excluding hydrogens is 232 g/mol. The quantitative estimate of drug-likeness (QED) is 0.351. The number of hydrogen-bond donors (Lipinski definition) is 5. The number of carbonyl (C=O) groups excluding carboxylic acids is 1. The molecule has 1 saturated carbocycles. The first-order valence-electron chi connectivity index (χ1n) is 5.50. The Morgan fingerprint density at radius 2 is 1.35 bits per heavy atom. The first kappa shape index (κ1) is 14.3. The first-order chi connectivity index (χ1) is 7.90. The van der Waals surface area contributed by atoms with E-state index >= 15 is 0 Å². The van der Waals surface area contributed by atoms with Crippen molar-refractivity contribution < 1.29 is 35.1 Å². The molecule has 1 fully saturated rings. The summed E-state index contributed by atoms with van der Waals surface area (Å²) in [5.74, 6) is -0.647. The van der Waals surface area contributed by atoms with Crippen LogP contribution in [0.1, 0.15) is 19.8 Å². The van der Waals surface area contributed by atoms with Gasteiger partial charge in [-0.3, -0.25) is 4.79 Å². The summed E-state index contributed by atoms with van der Waals surface area (Å²) in [7, 11) is 0. The summed E-state index contributed by atoms with van der Waals surface area (Å²) in [5, 5.41) is 47.2. The first-order valence-corrected chi connectivity index (χ1v) is 5.50. The van der Waals surface area contributed by atoms with Gasteiger partial charge in [0.15, 0.2) is 6.10 Å². The number of carbonyl (C=O) groups is 1.